The Kier molecular flexibility index (Phi) is 5.50. The molecule has 2 aromatic carbocycles. The summed E-state index contributed by atoms with van der Waals surface area (Å²) in [6.07, 6.45) is 0. The Balaban J connectivity index is 1.90. The standard InChI is InChI=1S/C24H23NO5/c1-3-29-23(27)18-19(24(28)30-4-2)21-22(26)17-13-9-8-12-16(17)20(18)25(21)14-15-10-6-5-7-11-15/h5-13,20-21H,3-4,14H2,1-2H3/t20-,21-/m1/s1. The van der Waals surface area contributed by atoms with E-state index in [0.717, 1.165) is 5.56 Å². The van der Waals surface area contributed by atoms with Gasteiger partial charge >= 0.3 is 11.9 Å². The molecule has 4 rings (SSSR count). The molecule has 0 amide bonds. The van der Waals surface area contributed by atoms with Gasteiger partial charge in [-0.25, -0.2) is 9.59 Å². The van der Waals surface area contributed by atoms with Crippen molar-refractivity contribution in [3.8, 4) is 0 Å². The van der Waals surface area contributed by atoms with Gasteiger partial charge in [0, 0.05) is 12.1 Å². The maximum absolute atomic E-state index is 13.5. The molecular formula is C24H23NO5. The summed E-state index contributed by atoms with van der Waals surface area (Å²) in [6, 6.07) is 15.4. The summed E-state index contributed by atoms with van der Waals surface area (Å²) in [5.74, 6) is -1.44. The molecule has 0 aromatic heterocycles. The number of hydrogen-bond donors (Lipinski definition) is 0. The second-order valence-corrected chi connectivity index (χ2v) is 7.18. The highest BCUT2D eigenvalue weighted by atomic mass is 16.5. The number of esters is 2. The van der Waals surface area contributed by atoms with E-state index in [1.54, 1.807) is 26.0 Å². The molecule has 2 bridgehead atoms. The summed E-state index contributed by atoms with van der Waals surface area (Å²) in [5, 5.41) is 0. The highest BCUT2D eigenvalue weighted by Gasteiger charge is 2.54. The molecule has 154 valence electrons. The maximum Gasteiger partial charge on any atom is 0.336 e. The van der Waals surface area contributed by atoms with Gasteiger partial charge in [0.25, 0.3) is 0 Å². The number of Topliss-reactive ketones (excluding diaryl/α,β-unsaturated/α-hetero) is 1. The number of benzene rings is 2. The Labute approximate surface area is 175 Å². The average molecular weight is 405 g/mol. The number of nitrogens with zero attached hydrogens (tertiary/aromatic N) is 1. The monoisotopic (exact) mass is 405 g/mol. The minimum Gasteiger partial charge on any atom is -0.463 e. The zero-order valence-electron chi connectivity index (χ0n) is 17.0. The number of fused-ring (bicyclic) bond motifs is 4. The maximum atomic E-state index is 13.5. The number of carbonyl (C=O) groups excluding carboxylic acids is 3. The van der Waals surface area contributed by atoms with Crippen LogP contribution in [0.4, 0.5) is 0 Å². The first-order chi connectivity index (χ1) is 14.6. The van der Waals surface area contributed by atoms with Gasteiger partial charge in [0.15, 0.2) is 5.78 Å². The fraction of sp³-hybridized carbons (Fsp3) is 0.292. The third-order valence-corrected chi connectivity index (χ3v) is 5.47. The Morgan fingerprint density at radius 3 is 2.03 bits per heavy atom. The van der Waals surface area contributed by atoms with Crippen LogP contribution in [0.15, 0.2) is 65.7 Å². The van der Waals surface area contributed by atoms with Crippen molar-refractivity contribution in [3.63, 3.8) is 0 Å². The Bertz CT molecular complexity index is 1030. The molecule has 2 aliphatic rings. The van der Waals surface area contributed by atoms with E-state index >= 15 is 0 Å². The first kappa shape index (κ1) is 20.0. The molecule has 2 heterocycles. The van der Waals surface area contributed by atoms with Gasteiger partial charge < -0.3 is 9.47 Å². The number of ether oxygens (including phenoxy) is 2. The Hall–Kier alpha value is -3.25. The van der Waals surface area contributed by atoms with Crippen LogP contribution in [0.5, 0.6) is 0 Å². The lowest BCUT2D eigenvalue weighted by Gasteiger charge is -2.36. The summed E-state index contributed by atoms with van der Waals surface area (Å²) >= 11 is 0. The lowest BCUT2D eigenvalue weighted by molar-refractivity contribution is -0.141. The quantitative estimate of drug-likeness (QED) is 0.687. The average Bonchev–Trinajstić information content (AvgIpc) is 3.03. The molecule has 0 radical (unpaired) electrons. The molecule has 0 fully saturated rings. The third-order valence-electron chi connectivity index (χ3n) is 5.47. The van der Waals surface area contributed by atoms with E-state index in [1.807, 2.05) is 47.4 Å². The van der Waals surface area contributed by atoms with Crippen LogP contribution in [-0.2, 0) is 25.6 Å². The molecule has 0 saturated heterocycles. The molecule has 0 aliphatic carbocycles. The minimum absolute atomic E-state index is 0.0948. The van der Waals surface area contributed by atoms with Gasteiger partial charge in [0.1, 0.15) is 6.04 Å². The van der Waals surface area contributed by atoms with Crippen molar-refractivity contribution in [2.75, 3.05) is 13.2 Å². The zero-order chi connectivity index (χ0) is 21.3. The van der Waals surface area contributed by atoms with Crippen LogP contribution in [-0.4, -0.2) is 41.9 Å². The van der Waals surface area contributed by atoms with Crippen molar-refractivity contribution in [1.29, 1.82) is 0 Å². The van der Waals surface area contributed by atoms with Crippen LogP contribution >= 0.6 is 0 Å². The van der Waals surface area contributed by atoms with Gasteiger partial charge in [0.05, 0.1) is 30.4 Å². The molecule has 6 nitrogen and oxygen atoms in total. The third kappa shape index (κ3) is 3.23. The molecule has 0 N–H and O–H groups in total. The highest BCUT2D eigenvalue weighted by molar-refractivity contribution is 6.15. The van der Waals surface area contributed by atoms with Crippen molar-refractivity contribution < 1.29 is 23.9 Å². The highest BCUT2D eigenvalue weighted by Crippen LogP contribution is 2.48. The van der Waals surface area contributed by atoms with E-state index in [-0.39, 0.29) is 30.1 Å². The van der Waals surface area contributed by atoms with Crippen molar-refractivity contribution in [3.05, 3.63) is 82.4 Å². The topological polar surface area (TPSA) is 72.9 Å². The summed E-state index contributed by atoms with van der Waals surface area (Å²) < 4.78 is 10.6. The Morgan fingerprint density at radius 2 is 1.40 bits per heavy atom. The van der Waals surface area contributed by atoms with E-state index in [1.165, 1.54) is 0 Å². The molecule has 2 atom stereocenters. The summed E-state index contributed by atoms with van der Waals surface area (Å²) in [7, 11) is 0. The fourth-order valence-corrected chi connectivity index (χ4v) is 4.34. The van der Waals surface area contributed by atoms with Crippen LogP contribution in [0, 0.1) is 0 Å². The van der Waals surface area contributed by atoms with Crippen LogP contribution in [0.1, 0.15) is 41.4 Å². The molecule has 6 heteroatoms. The number of rotatable bonds is 6. The summed E-state index contributed by atoms with van der Waals surface area (Å²) in [4.78, 5) is 41.3. The van der Waals surface area contributed by atoms with E-state index in [9.17, 15) is 14.4 Å². The predicted molar refractivity (Wildman–Crippen MR) is 110 cm³/mol. The largest absolute Gasteiger partial charge is 0.463 e. The molecule has 2 aromatic rings. The second kappa shape index (κ2) is 8.24. The van der Waals surface area contributed by atoms with Gasteiger partial charge in [-0.2, -0.15) is 0 Å². The van der Waals surface area contributed by atoms with Crippen molar-refractivity contribution in [1.82, 2.24) is 4.90 Å². The minimum atomic E-state index is -0.886. The van der Waals surface area contributed by atoms with Crippen LogP contribution in [0.25, 0.3) is 0 Å². The smallest absolute Gasteiger partial charge is 0.336 e. The van der Waals surface area contributed by atoms with Gasteiger partial charge in [-0.05, 0) is 25.0 Å². The number of ketones is 1. The van der Waals surface area contributed by atoms with Crippen LogP contribution in [0.2, 0.25) is 0 Å². The summed E-state index contributed by atoms with van der Waals surface area (Å²) in [5.41, 5.74) is 2.51. The van der Waals surface area contributed by atoms with E-state index in [0.29, 0.717) is 17.7 Å². The van der Waals surface area contributed by atoms with Gasteiger partial charge in [-0.3, -0.25) is 9.69 Å². The zero-order valence-corrected chi connectivity index (χ0v) is 17.0. The first-order valence-electron chi connectivity index (χ1n) is 10.1. The SMILES string of the molecule is CCOC(=O)C1=C(C(=O)OCC)[C@H]2c3ccccc3C(=O)[C@@H]1N2Cc1ccccc1. The van der Waals surface area contributed by atoms with Crippen LogP contribution < -0.4 is 0 Å². The van der Waals surface area contributed by atoms with Crippen LogP contribution in [0.3, 0.4) is 0 Å². The van der Waals surface area contributed by atoms with E-state index < -0.39 is 24.0 Å². The molecule has 0 unspecified atom stereocenters. The summed E-state index contributed by atoms with van der Waals surface area (Å²) in [6.45, 7) is 4.13. The van der Waals surface area contributed by atoms with Gasteiger partial charge in [-0.15, -0.1) is 0 Å². The van der Waals surface area contributed by atoms with Crippen molar-refractivity contribution in [2.45, 2.75) is 32.5 Å². The van der Waals surface area contributed by atoms with Crippen molar-refractivity contribution in [2.24, 2.45) is 0 Å². The second-order valence-electron chi connectivity index (χ2n) is 7.18. The molecular weight excluding hydrogens is 382 g/mol. The lowest BCUT2D eigenvalue weighted by atomic mass is 9.89. The van der Waals surface area contributed by atoms with E-state index in [2.05, 4.69) is 0 Å². The predicted octanol–water partition coefficient (Wildman–Crippen LogP) is 3.23. The molecule has 30 heavy (non-hydrogen) atoms. The normalized spacial score (nSPS) is 20.1. The molecule has 0 spiro atoms. The molecule has 0 saturated carbocycles. The van der Waals surface area contributed by atoms with Crippen molar-refractivity contribution >= 4 is 17.7 Å². The lowest BCUT2D eigenvalue weighted by Crippen LogP contribution is -2.45. The van der Waals surface area contributed by atoms with Gasteiger partial charge in [0.2, 0.25) is 0 Å². The first-order valence-corrected chi connectivity index (χ1v) is 10.1. The van der Waals surface area contributed by atoms with Gasteiger partial charge in [-0.1, -0.05) is 54.6 Å². The van der Waals surface area contributed by atoms with E-state index in [4.69, 9.17) is 9.47 Å². The molecule has 2 aliphatic heterocycles. The number of carbonyl (C=O) groups is 3. The Morgan fingerprint density at radius 1 is 0.833 bits per heavy atom. The fourth-order valence-electron chi connectivity index (χ4n) is 4.34. The number of hydrogen-bond acceptors (Lipinski definition) is 6.